The Morgan fingerprint density at radius 3 is 1.43 bits per heavy atom. The maximum atomic E-state index is 13.4. The standard InChI is InChI=1S/C65H117NO10/c1-4-7-10-13-16-19-22-25-26-27-28-29-30-31-32-35-38-41-44-47-50-53-60(70)76-63-62(72)61(71)59(54-67)75-65(63)74-55-56(57(68)51-48-45-42-39-36-33-23-20-17-14-11-8-5-2)66-64(73)58(69)52-49-46-43-40-37-34-24-21-18-15-12-9-6-3/h9,12,18,21,25-26,34,37,48,51,56-59,61-63,65,67-69,71-72H,4-8,10-11,13-17,19-20,22-24,27-33,35-36,38-47,49-50,52-55H2,1-3H3,(H,66,73)/b12-9+,21-18+,26-25+,37-34+,51-48+. The molecule has 8 unspecified atom stereocenters. The van der Waals surface area contributed by atoms with E-state index in [0.29, 0.717) is 12.8 Å². The number of unbranched alkanes of at least 4 members (excludes halogenated alkanes) is 31. The highest BCUT2D eigenvalue weighted by molar-refractivity contribution is 5.80. The van der Waals surface area contributed by atoms with Gasteiger partial charge in [0.1, 0.15) is 24.4 Å². The minimum atomic E-state index is -1.62. The van der Waals surface area contributed by atoms with Gasteiger partial charge in [-0.2, -0.15) is 0 Å². The van der Waals surface area contributed by atoms with Crippen LogP contribution < -0.4 is 5.32 Å². The van der Waals surface area contributed by atoms with Crippen LogP contribution in [0.25, 0.3) is 0 Å². The van der Waals surface area contributed by atoms with E-state index in [1.54, 1.807) is 6.08 Å². The molecule has 1 heterocycles. The Kier molecular flexibility index (Phi) is 49.8. The molecule has 1 aliphatic heterocycles. The minimum Gasteiger partial charge on any atom is -0.454 e. The number of aliphatic hydroxyl groups is 5. The number of carbonyl (C=O) groups excluding carboxylic acids is 2. The van der Waals surface area contributed by atoms with Crippen molar-refractivity contribution < 1.29 is 49.3 Å². The van der Waals surface area contributed by atoms with Crippen molar-refractivity contribution in [3.8, 4) is 0 Å². The van der Waals surface area contributed by atoms with E-state index >= 15 is 0 Å². The normalized spacial score (nSPS) is 19.5. The summed E-state index contributed by atoms with van der Waals surface area (Å²) in [6, 6.07) is -1.04. The van der Waals surface area contributed by atoms with E-state index in [4.69, 9.17) is 14.2 Å². The molecule has 1 rings (SSSR count). The molecule has 0 aromatic rings. The van der Waals surface area contributed by atoms with Gasteiger partial charge in [-0.1, -0.05) is 248 Å². The number of ether oxygens (including phenoxy) is 3. The van der Waals surface area contributed by atoms with Crippen molar-refractivity contribution in [1.82, 2.24) is 5.32 Å². The third-order valence-electron chi connectivity index (χ3n) is 14.7. The van der Waals surface area contributed by atoms with Crippen LogP contribution in [-0.4, -0.2) is 99.6 Å². The molecule has 1 saturated heterocycles. The fourth-order valence-corrected chi connectivity index (χ4v) is 9.66. The van der Waals surface area contributed by atoms with Gasteiger partial charge in [0.15, 0.2) is 12.4 Å². The largest absolute Gasteiger partial charge is 0.454 e. The Morgan fingerprint density at radius 2 is 0.947 bits per heavy atom. The molecule has 8 atom stereocenters. The van der Waals surface area contributed by atoms with Crippen LogP contribution in [0.4, 0.5) is 0 Å². The van der Waals surface area contributed by atoms with Gasteiger partial charge in [-0.05, 0) is 83.5 Å². The molecule has 0 radical (unpaired) electrons. The first kappa shape index (κ1) is 71.4. The summed E-state index contributed by atoms with van der Waals surface area (Å²) in [5, 5.41) is 56.9. The molecule has 0 aromatic carbocycles. The fraction of sp³-hybridized carbons (Fsp3) is 0.815. The van der Waals surface area contributed by atoms with E-state index in [9.17, 15) is 35.1 Å². The summed E-state index contributed by atoms with van der Waals surface area (Å²) in [7, 11) is 0. The third kappa shape index (κ3) is 40.5. The first-order valence-corrected chi connectivity index (χ1v) is 31.6. The van der Waals surface area contributed by atoms with Crippen molar-refractivity contribution in [3.63, 3.8) is 0 Å². The molecule has 0 aliphatic carbocycles. The van der Waals surface area contributed by atoms with Crippen molar-refractivity contribution in [1.29, 1.82) is 0 Å². The van der Waals surface area contributed by atoms with Crippen molar-refractivity contribution >= 4 is 11.9 Å². The van der Waals surface area contributed by atoms with Crippen LogP contribution in [-0.2, 0) is 23.8 Å². The van der Waals surface area contributed by atoms with E-state index in [1.165, 1.54) is 154 Å². The van der Waals surface area contributed by atoms with Gasteiger partial charge in [0, 0.05) is 6.42 Å². The zero-order chi connectivity index (χ0) is 55.4. The van der Waals surface area contributed by atoms with Crippen molar-refractivity contribution in [2.75, 3.05) is 13.2 Å². The van der Waals surface area contributed by atoms with Gasteiger partial charge in [-0.3, -0.25) is 9.59 Å². The average molecular weight is 1070 g/mol. The molecule has 0 bridgehead atoms. The number of amides is 1. The number of hydrogen-bond acceptors (Lipinski definition) is 10. The molecular formula is C65H117NO10. The maximum Gasteiger partial charge on any atom is 0.306 e. The summed E-state index contributed by atoms with van der Waals surface area (Å²) < 4.78 is 17.6. The lowest BCUT2D eigenvalue weighted by molar-refractivity contribution is -0.305. The topological polar surface area (TPSA) is 175 Å². The fourth-order valence-electron chi connectivity index (χ4n) is 9.66. The van der Waals surface area contributed by atoms with Crippen LogP contribution in [0.2, 0.25) is 0 Å². The summed E-state index contributed by atoms with van der Waals surface area (Å²) in [6.45, 7) is 5.67. The summed E-state index contributed by atoms with van der Waals surface area (Å²) in [5.74, 6) is -1.21. The predicted molar refractivity (Wildman–Crippen MR) is 315 cm³/mol. The van der Waals surface area contributed by atoms with Gasteiger partial charge in [-0.15, -0.1) is 0 Å². The van der Waals surface area contributed by atoms with Crippen LogP contribution in [0.5, 0.6) is 0 Å². The molecule has 442 valence electrons. The Bertz CT molecular complexity index is 1460. The van der Waals surface area contributed by atoms with Crippen LogP contribution in [0.3, 0.4) is 0 Å². The Hall–Kier alpha value is -2.64. The lowest BCUT2D eigenvalue weighted by Crippen LogP contribution is -2.61. The number of carbonyl (C=O) groups is 2. The van der Waals surface area contributed by atoms with Crippen LogP contribution in [0, 0.1) is 0 Å². The molecule has 11 nitrogen and oxygen atoms in total. The van der Waals surface area contributed by atoms with Crippen molar-refractivity contribution in [3.05, 3.63) is 60.8 Å². The van der Waals surface area contributed by atoms with Crippen molar-refractivity contribution in [2.24, 2.45) is 0 Å². The molecule has 1 aliphatic rings. The first-order valence-electron chi connectivity index (χ1n) is 31.6. The smallest absolute Gasteiger partial charge is 0.306 e. The van der Waals surface area contributed by atoms with Gasteiger partial charge in [-0.25, -0.2) is 0 Å². The molecule has 76 heavy (non-hydrogen) atoms. The Morgan fingerprint density at radius 1 is 0.526 bits per heavy atom. The minimum absolute atomic E-state index is 0.120. The SMILES string of the molecule is CC/C=C/C/C=C/C/C=C/CCCCCC(O)C(=O)NC(COC1OC(CO)C(O)C(O)C1OC(=O)CCCCCCCCCCCCC/C=C/CCCCCCCC)C(O)/C=C/CCCCCCCCCCCCC. The number of esters is 1. The molecule has 1 amide bonds. The molecular weight excluding hydrogens is 955 g/mol. The summed E-state index contributed by atoms with van der Waals surface area (Å²) in [4.78, 5) is 26.5. The summed E-state index contributed by atoms with van der Waals surface area (Å²) >= 11 is 0. The van der Waals surface area contributed by atoms with Crippen LogP contribution >= 0.6 is 0 Å². The van der Waals surface area contributed by atoms with Gasteiger partial charge in [0.05, 0.1) is 25.4 Å². The lowest BCUT2D eigenvalue weighted by atomic mass is 9.99. The van der Waals surface area contributed by atoms with Crippen molar-refractivity contribution in [2.45, 2.75) is 327 Å². The number of aliphatic hydroxyl groups excluding tert-OH is 5. The zero-order valence-corrected chi connectivity index (χ0v) is 48.9. The van der Waals surface area contributed by atoms with Crippen LogP contribution in [0.15, 0.2) is 60.8 Å². The number of hydrogen-bond donors (Lipinski definition) is 6. The first-order chi connectivity index (χ1) is 37.2. The number of nitrogens with one attached hydrogen (secondary N) is 1. The second-order valence-corrected chi connectivity index (χ2v) is 21.8. The van der Waals surface area contributed by atoms with E-state index in [0.717, 1.165) is 77.0 Å². The number of allylic oxidation sites excluding steroid dienone is 9. The lowest BCUT2D eigenvalue weighted by Gasteiger charge is -2.41. The molecule has 0 spiro atoms. The predicted octanol–water partition coefficient (Wildman–Crippen LogP) is 15.0. The summed E-state index contributed by atoms with van der Waals surface area (Å²) in [5.41, 5.74) is 0. The second-order valence-electron chi connectivity index (χ2n) is 21.8. The van der Waals surface area contributed by atoms with E-state index in [-0.39, 0.29) is 19.4 Å². The third-order valence-corrected chi connectivity index (χ3v) is 14.7. The molecule has 11 heteroatoms. The van der Waals surface area contributed by atoms with E-state index in [2.05, 4.69) is 74.7 Å². The van der Waals surface area contributed by atoms with E-state index in [1.807, 2.05) is 6.08 Å². The second kappa shape index (κ2) is 53.0. The highest BCUT2D eigenvalue weighted by Crippen LogP contribution is 2.26. The van der Waals surface area contributed by atoms with Crippen LogP contribution in [0.1, 0.15) is 278 Å². The summed E-state index contributed by atoms with van der Waals surface area (Å²) in [6.07, 6.45) is 55.5. The van der Waals surface area contributed by atoms with Gasteiger partial charge in [0.2, 0.25) is 5.91 Å². The highest BCUT2D eigenvalue weighted by Gasteiger charge is 2.47. The monoisotopic (exact) mass is 1070 g/mol. The Balaban J connectivity index is 2.66. The van der Waals surface area contributed by atoms with E-state index < -0.39 is 67.4 Å². The molecule has 1 fully saturated rings. The molecule has 0 aromatic heterocycles. The Labute approximate surface area is 465 Å². The van der Waals surface area contributed by atoms with Gasteiger partial charge >= 0.3 is 5.97 Å². The molecule has 0 saturated carbocycles. The average Bonchev–Trinajstić information content (AvgIpc) is 3.42. The van der Waals surface area contributed by atoms with Gasteiger partial charge < -0.3 is 45.1 Å². The zero-order valence-electron chi connectivity index (χ0n) is 48.9. The van der Waals surface area contributed by atoms with Gasteiger partial charge in [0.25, 0.3) is 0 Å². The maximum absolute atomic E-state index is 13.4. The number of rotatable bonds is 53. The molecule has 6 N–H and O–H groups in total. The quantitative estimate of drug-likeness (QED) is 0.0195. The highest BCUT2D eigenvalue weighted by atomic mass is 16.7.